The summed E-state index contributed by atoms with van der Waals surface area (Å²) in [4.78, 5) is 11.9. The molecule has 22 heavy (non-hydrogen) atoms. The SMILES string of the molecule is Cc1cccc(NC(=O)NC[C@@H]2COC3(CCCCC3)O2)c1. The van der Waals surface area contributed by atoms with Gasteiger partial charge in [-0.1, -0.05) is 18.6 Å². The number of hydrogen-bond donors (Lipinski definition) is 2. The number of ether oxygens (including phenoxy) is 2. The summed E-state index contributed by atoms with van der Waals surface area (Å²) in [5.74, 6) is -0.377. The molecule has 1 aromatic carbocycles. The predicted octanol–water partition coefficient (Wildman–Crippen LogP) is 3.19. The van der Waals surface area contributed by atoms with E-state index in [9.17, 15) is 4.79 Å². The normalized spacial score (nSPS) is 23.4. The molecule has 1 aliphatic heterocycles. The van der Waals surface area contributed by atoms with Gasteiger partial charge in [-0.2, -0.15) is 0 Å². The number of urea groups is 1. The van der Waals surface area contributed by atoms with Crippen LogP contribution in [0.15, 0.2) is 24.3 Å². The first kappa shape index (κ1) is 15.3. The second-order valence-electron chi connectivity index (χ2n) is 6.23. The lowest BCUT2D eigenvalue weighted by atomic mass is 9.94. The largest absolute Gasteiger partial charge is 0.347 e. The first-order valence-corrected chi connectivity index (χ1v) is 8.09. The molecule has 0 radical (unpaired) electrons. The molecule has 5 heteroatoms. The standard InChI is InChI=1S/C17H24N2O3/c1-13-6-5-7-14(10-13)19-16(20)18-11-15-12-21-17(22-15)8-3-2-4-9-17/h5-7,10,15H,2-4,8-9,11-12H2,1H3,(H2,18,19,20)/t15-/m1/s1. The molecular weight excluding hydrogens is 280 g/mol. The van der Waals surface area contributed by atoms with Gasteiger partial charge < -0.3 is 20.1 Å². The molecule has 1 saturated carbocycles. The van der Waals surface area contributed by atoms with Crippen LogP contribution in [0.5, 0.6) is 0 Å². The third-order valence-electron chi connectivity index (χ3n) is 4.30. The fourth-order valence-electron chi connectivity index (χ4n) is 3.17. The molecule has 1 aliphatic carbocycles. The molecule has 1 saturated heterocycles. The third-order valence-corrected chi connectivity index (χ3v) is 4.30. The highest BCUT2D eigenvalue weighted by molar-refractivity contribution is 5.89. The van der Waals surface area contributed by atoms with Gasteiger partial charge in [0.25, 0.3) is 0 Å². The number of rotatable bonds is 3. The molecule has 120 valence electrons. The van der Waals surface area contributed by atoms with Gasteiger partial charge in [0.2, 0.25) is 0 Å². The molecule has 2 amide bonds. The van der Waals surface area contributed by atoms with Crippen molar-refractivity contribution in [1.82, 2.24) is 5.32 Å². The summed E-state index contributed by atoms with van der Waals surface area (Å²) in [6, 6.07) is 7.52. The van der Waals surface area contributed by atoms with Gasteiger partial charge in [0.1, 0.15) is 6.10 Å². The molecular formula is C17H24N2O3. The Labute approximate surface area is 131 Å². The van der Waals surface area contributed by atoms with Crippen LogP contribution in [0.1, 0.15) is 37.7 Å². The monoisotopic (exact) mass is 304 g/mol. The fraction of sp³-hybridized carbons (Fsp3) is 0.588. The molecule has 0 aromatic heterocycles. The van der Waals surface area contributed by atoms with E-state index in [2.05, 4.69) is 10.6 Å². The average molecular weight is 304 g/mol. The van der Waals surface area contributed by atoms with Gasteiger partial charge in [0, 0.05) is 25.1 Å². The summed E-state index contributed by atoms with van der Waals surface area (Å²) < 4.78 is 11.9. The number of anilines is 1. The van der Waals surface area contributed by atoms with E-state index in [0.717, 1.165) is 36.9 Å². The molecule has 3 rings (SSSR count). The number of amides is 2. The van der Waals surface area contributed by atoms with Crippen LogP contribution in [0.3, 0.4) is 0 Å². The van der Waals surface area contributed by atoms with Crippen molar-refractivity contribution >= 4 is 11.7 Å². The van der Waals surface area contributed by atoms with Gasteiger partial charge in [-0.3, -0.25) is 0 Å². The van der Waals surface area contributed by atoms with E-state index in [-0.39, 0.29) is 17.9 Å². The van der Waals surface area contributed by atoms with Gasteiger partial charge in [-0.15, -0.1) is 0 Å². The number of aryl methyl sites for hydroxylation is 1. The number of carbonyl (C=O) groups excluding carboxylic acids is 1. The van der Waals surface area contributed by atoms with Crippen LogP contribution in [-0.4, -0.2) is 31.1 Å². The summed E-state index contributed by atoms with van der Waals surface area (Å²) in [5.41, 5.74) is 1.91. The fourth-order valence-corrected chi connectivity index (χ4v) is 3.17. The van der Waals surface area contributed by atoms with Crippen molar-refractivity contribution in [1.29, 1.82) is 0 Å². The van der Waals surface area contributed by atoms with E-state index < -0.39 is 0 Å². The minimum Gasteiger partial charge on any atom is -0.347 e. The number of carbonyl (C=O) groups is 1. The zero-order chi connectivity index (χ0) is 15.4. The Balaban J connectivity index is 1.44. The highest BCUT2D eigenvalue weighted by Gasteiger charge is 2.42. The van der Waals surface area contributed by atoms with Crippen molar-refractivity contribution in [2.24, 2.45) is 0 Å². The molecule has 1 aromatic rings. The zero-order valence-corrected chi connectivity index (χ0v) is 13.1. The van der Waals surface area contributed by atoms with E-state index >= 15 is 0 Å². The van der Waals surface area contributed by atoms with Crippen molar-refractivity contribution in [2.75, 3.05) is 18.5 Å². The van der Waals surface area contributed by atoms with Crippen LogP contribution in [0.25, 0.3) is 0 Å². The van der Waals surface area contributed by atoms with Gasteiger partial charge >= 0.3 is 6.03 Å². The lowest BCUT2D eigenvalue weighted by molar-refractivity contribution is -0.186. The van der Waals surface area contributed by atoms with E-state index in [1.807, 2.05) is 31.2 Å². The molecule has 1 atom stereocenters. The quantitative estimate of drug-likeness (QED) is 0.901. The number of benzene rings is 1. The van der Waals surface area contributed by atoms with Crippen molar-refractivity contribution in [2.45, 2.75) is 50.9 Å². The molecule has 0 unspecified atom stereocenters. The van der Waals surface area contributed by atoms with Crippen molar-refractivity contribution in [3.05, 3.63) is 29.8 Å². The van der Waals surface area contributed by atoms with Crippen LogP contribution in [-0.2, 0) is 9.47 Å². The van der Waals surface area contributed by atoms with E-state index in [0.29, 0.717) is 13.2 Å². The Bertz CT molecular complexity index is 526. The number of hydrogen-bond acceptors (Lipinski definition) is 3. The molecule has 0 bridgehead atoms. The van der Waals surface area contributed by atoms with Crippen LogP contribution in [0.4, 0.5) is 10.5 Å². The second kappa shape index (κ2) is 6.67. The van der Waals surface area contributed by atoms with Gasteiger partial charge in [0.05, 0.1) is 6.61 Å². The Morgan fingerprint density at radius 1 is 1.32 bits per heavy atom. The molecule has 2 N–H and O–H groups in total. The van der Waals surface area contributed by atoms with E-state index in [1.54, 1.807) is 0 Å². The van der Waals surface area contributed by atoms with Crippen molar-refractivity contribution in [3.8, 4) is 0 Å². The zero-order valence-electron chi connectivity index (χ0n) is 13.1. The molecule has 1 spiro atoms. The van der Waals surface area contributed by atoms with E-state index in [4.69, 9.17) is 9.47 Å². The first-order valence-electron chi connectivity index (χ1n) is 8.09. The van der Waals surface area contributed by atoms with Gasteiger partial charge in [0.15, 0.2) is 5.79 Å². The smallest absolute Gasteiger partial charge is 0.319 e. The lowest BCUT2D eigenvalue weighted by Crippen LogP contribution is -2.38. The highest BCUT2D eigenvalue weighted by atomic mass is 16.7. The Hall–Kier alpha value is -1.59. The second-order valence-corrected chi connectivity index (χ2v) is 6.23. The highest BCUT2D eigenvalue weighted by Crippen LogP contribution is 2.37. The minimum absolute atomic E-state index is 0.0543. The summed E-state index contributed by atoms with van der Waals surface area (Å²) in [5, 5.41) is 5.69. The maximum Gasteiger partial charge on any atom is 0.319 e. The first-order chi connectivity index (χ1) is 10.7. The van der Waals surface area contributed by atoms with Crippen molar-refractivity contribution in [3.63, 3.8) is 0 Å². The topological polar surface area (TPSA) is 59.6 Å². The molecule has 2 fully saturated rings. The van der Waals surface area contributed by atoms with Gasteiger partial charge in [-0.25, -0.2) is 4.79 Å². The summed E-state index contributed by atoms with van der Waals surface area (Å²) >= 11 is 0. The Kier molecular flexibility index (Phi) is 4.64. The molecule has 5 nitrogen and oxygen atoms in total. The lowest BCUT2D eigenvalue weighted by Gasteiger charge is -2.31. The van der Waals surface area contributed by atoms with Gasteiger partial charge in [-0.05, 0) is 37.5 Å². The number of nitrogens with one attached hydrogen (secondary N) is 2. The molecule has 1 heterocycles. The Morgan fingerprint density at radius 2 is 2.14 bits per heavy atom. The Morgan fingerprint density at radius 3 is 2.91 bits per heavy atom. The van der Waals surface area contributed by atoms with E-state index in [1.165, 1.54) is 6.42 Å². The maximum absolute atomic E-state index is 11.9. The van der Waals surface area contributed by atoms with Crippen LogP contribution in [0, 0.1) is 6.92 Å². The van der Waals surface area contributed by atoms with Crippen LogP contribution >= 0.6 is 0 Å². The average Bonchev–Trinajstić information content (AvgIpc) is 2.89. The third kappa shape index (κ3) is 3.78. The molecule has 2 aliphatic rings. The van der Waals surface area contributed by atoms with Crippen molar-refractivity contribution < 1.29 is 14.3 Å². The van der Waals surface area contributed by atoms with Crippen LogP contribution in [0.2, 0.25) is 0 Å². The summed E-state index contributed by atoms with van der Waals surface area (Å²) in [6.07, 6.45) is 5.47. The maximum atomic E-state index is 11.9. The summed E-state index contributed by atoms with van der Waals surface area (Å²) in [6.45, 7) is 3.03. The summed E-state index contributed by atoms with van der Waals surface area (Å²) in [7, 11) is 0. The predicted molar refractivity (Wildman–Crippen MR) is 84.8 cm³/mol. The minimum atomic E-state index is -0.377. The van der Waals surface area contributed by atoms with Crippen LogP contribution < -0.4 is 10.6 Å².